The number of rotatable bonds is 6. The van der Waals surface area contributed by atoms with Crippen LogP contribution in [0.4, 0.5) is 5.69 Å². The van der Waals surface area contributed by atoms with Gasteiger partial charge in [0, 0.05) is 32.7 Å². The van der Waals surface area contributed by atoms with Crippen LogP contribution in [0, 0.1) is 5.92 Å². The number of nitrogens with zero attached hydrogens (tertiary/aromatic N) is 1. The highest BCUT2D eigenvalue weighted by atomic mass is 127. The van der Waals surface area contributed by atoms with E-state index >= 15 is 0 Å². The van der Waals surface area contributed by atoms with Gasteiger partial charge in [-0.1, -0.05) is 12.1 Å². The number of hydrogen-bond donors (Lipinski definition) is 3. The molecule has 5 nitrogen and oxygen atoms in total. The molecular formula is C16H25IN4O. The van der Waals surface area contributed by atoms with Crippen molar-refractivity contribution in [3.63, 3.8) is 0 Å². The monoisotopic (exact) mass is 416 g/mol. The fraction of sp³-hybridized carbons (Fsp3) is 0.500. The number of carbonyl (C=O) groups is 1. The first-order valence-electron chi connectivity index (χ1n) is 7.48. The van der Waals surface area contributed by atoms with Crippen LogP contribution < -0.4 is 16.0 Å². The quantitative estimate of drug-likeness (QED) is 0.379. The summed E-state index contributed by atoms with van der Waals surface area (Å²) in [6, 6.07) is 7.93. The van der Waals surface area contributed by atoms with E-state index < -0.39 is 0 Å². The number of benzene rings is 1. The van der Waals surface area contributed by atoms with Crippen LogP contribution in [0.1, 0.15) is 25.3 Å². The maximum Gasteiger partial charge on any atom is 0.221 e. The van der Waals surface area contributed by atoms with E-state index in [0.29, 0.717) is 0 Å². The Morgan fingerprint density at radius 3 is 2.45 bits per heavy atom. The summed E-state index contributed by atoms with van der Waals surface area (Å²) in [5, 5.41) is 9.42. The van der Waals surface area contributed by atoms with Crippen molar-refractivity contribution in [3.8, 4) is 0 Å². The van der Waals surface area contributed by atoms with Crippen LogP contribution in [0.25, 0.3) is 0 Å². The SMILES string of the molecule is CN=C(NCCc1ccc(NC(C)=O)cc1)NCC1CC1.I. The highest BCUT2D eigenvalue weighted by Crippen LogP contribution is 2.27. The first-order valence-corrected chi connectivity index (χ1v) is 7.48. The lowest BCUT2D eigenvalue weighted by Gasteiger charge is -2.11. The normalized spacial score (nSPS) is 14.0. The second kappa shape index (κ2) is 9.66. The predicted molar refractivity (Wildman–Crippen MR) is 102 cm³/mol. The summed E-state index contributed by atoms with van der Waals surface area (Å²) in [7, 11) is 1.80. The predicted octanol–water partition coefficient (Wildman–Crippen LogP) is 2.38. The van der Waals surface area contributed by atoms with Crippen LogP contribution in [0.2, 0.25) is 0 Å². The molecule has 22 heavy (non-hydrogen) atoms. The van der Waals surface area contributed by atoms with Gasteiger partial charge in [-0.05, 0) is 42.9 Å². The van der Waals surface area contributed by atoms with Crippen molar-refractivity contribution < 1.29 is 4.79 Å². The molecule has 1 aromatic carbocycles. The van der Waals surface area contributed by atoms with E-state index in [9.17, 15) is 4.79 Å². The Morgan fingerprint density at radius 1 is 1.23 bits per heavy atom. The van der Waals surface area contributed by atoms with E-state index in [1.807, 2.05) is 24.3 Å². The van der Waals surface area contributed by atoms with E-state index in [1.165, 1.54) is 25.3 Å². The fourth-order valence-corrected chi connectivity index (χ4v) is 2.07. The minimum atomic E-state index is -0.0463. The van der Waals surface area contributed by atoms with Gasteiger partial charge >= 0.3 is 0 Å². The Labute approximate surface area is 149 Å². The maximum absolute atomic E-state index is 11.0. The first kappa shape index (κ1) is 18.7. The smallest absolute Gasteiger partial charge is 0.221 e. The molecular weight excluding hydrogens is 391 g/mol. The molecule has 0 saturated heterocycles. The van der Waals surface area contributed by atoms with Gasteiger partial charge in [-0.3, -0.25) is 9.79 Å². The Bertz CT molecular complexity index is 497. The summed E-state index contributed by atoms with van der Waals surface area (Å²) in [5.74, 6) is 1.66. The first-order chi connectivity index (χ1) is 10.2. The van der Waals surface area contributed by atoms with Gasteiger partial charge in [-0.15, -0.1) is 24.0 Å². The van der Waals surface area contributed by atoms with Gasteiger partial charge in [0.05, 0.1) is 0 Å². The second-order valence-electron chi connectivity index (χ2n) is 5.45. The molecule has 1 amide bonds. The Kier molecular flexibility index (Phi) is 8.22. The van der Waals surface area contributed by atoms with Crippen molar-refractivity contribution in [3.05, 3.63) is 29.8 Å². The standard InChI is InChI=1S/C16H24N4O.HI/c1-12(21)20-15-7-5-13(6-8-15)9-10-18-16(17-2)19-11-14-3-4-14;/h5-8,14H,3-4,9-11H2,1-2H3,(H,20,21)(H2,17,18,19);1H. The topological polar surface area (TPSA) is 65.5 Å². The van der Waals surface area contributed by atoms with Gasteiger partial charge in [0.1, 0.15) is 0 Å². The van der Waals surface area contributed by atoms with Gasteiger partial charge in [0.2, 0.25) is 5.91 Å². The van der Waals surface area contributed by atoms with E-state index in [2.05, 4.69) is 20.9 Å². The lowest BCUT2D eigenvalue weighted by molar-refractivity contribution is -0.114. The van der Waals surface area contributed by atoms with E-state index in [1.54, 1.807) is 7.05 Å². The summed E-state index contributed by atoms with van der Waals surface area (Å²) in [5.41, 5.74) is 2.07. The molecule has 0 bridgehead atoms. The maximum atomic E-state index is 11.0. The van der Waals surface area contributed by atoms with Crippen LogP contribution in [0.3, 0.4) is 0 Å². The molecule has 1 saturated carbocycles. The largest absolute Gasteiger partial charge is 0.356 e. The molecule has 1 fully saturated rings. The second-order valence-corrected chi connectivity index (χ2v) is 5.45. The number of guanidine groups is 1. The Balaban J connectivity index is 0.00000242. The third kappa shape index (κ3) is 7.11. The number of carbonyl (C=O) groups excluding carboxylic acids is 1. The molecule has 1 aliphatic carbocycles. The van der Waals surface area contributed by atoms with Crippen LogP contribution in [0.15, 0.2) is 29.3 Å². The van der Waals surface area contributed by atoms with Crippen LogP contribution in [0.5, 0.6) is 0 Å². The minimum Gasteiger partial charge on any atom is -0.356 e. The van der Waals surface area contributed by atoms with E-state index in [4.69, 9.17) is 0 Å². The molecule has 6 heteroatoms. The molecule has 0 spiro atoms. The number of hydrogen-bond acceptors (Lipinski definition) is 2. The highest BCUT2D eigenvalue weighted by molar-refractivity contribution is 14.0. The molecule has 1 aliphatic rings. The molecule has 122 valence electrons. The van der Waals surface area contributed by atoms with Gasteiger partial charge in [0.15, 0.2) is 5.96 Å². The fourth-order valence-electron chi connectivity index (χ4n) is 2.07. The molecule has 2 rings (SSSR count). The van der Waals surface area contributed by atoms with Crippen molar-refractivity contribution in [2.75, 3.05) is 25.5 Å². The average Bonchev–Trinajstić information content (AvgIpc) is 3.28. The number of halogens is 1. The molecule has 0 aromatic heterocycles. The van der Waals surface area contributed by atoms with Gasteiger partial charge < -0.3 is 16.0 Å². The van der Waals surface area contributed by atoms with Crippen LogP contribution in [-0.2, 0) is 11.2 Å². The number of aliphatic imine (C=N–C) groups is 1. The molecule has 1 aromatic rings. The highest BCUT2D eigenvalue weighted by Gasteiger charge is 2.20. The van der Waals surface area contributed by atoms with Crippen molar-refractivity contribution in [2.45, 2.75) is 26.2 Å². The molecule has 3 N–H and O–H groups in total. The van der Waals surface area contributed by atoms with Crippen molar-refractivity contribution in [1.29, 1.82) is 0 Å². The number of anilines is 1. The number of nitrogens with one attached hydrogen (secondary N) is 3. The summed E-state index contributed by atoms with van der Waals surface area (Å²) < 4.78 is 0. The summed E-state index contributed by atoms with van der Waals surface area (Å²) in [4.78, 5) is 15.2. The number of amides is 1. The van der Waals surface area contributed by atoms with Gasteiger partial charge in [0.25, 0.3) is 0 Å². The molecule has 0 heterocycles. The minimum absolute atomic E-state index is 0. The van der Waals surface area contributed by atoms with Crippen molar-refractivity contribution in [2.24, 2.45) is 10.9 Å². The van der Waals surface area contributed by atoms with E-state index in [-0.39, 0.29) is 29.9 Å². The third-order valence-electron chi connectivity index (χ3n) is 3.46. The lowest BCUT2D eigenvalue weighted by atomic mass is 10.1. The van der Waals surface area contributed by atoms with Crippen molar-refractivity contribution in [1.82, 2.24) is 10.6 Å². The third-order valence-corrected chi connectivity index (χ3v) is 3.46. The zero-order valence-electron chi connectivity index (χ0n) is 13.2. The summed E-state index contributed by atoms with van der Waals surface area (Å²) in [6.45, 7) is 3.37. The Hall–Kier alpha value is -1.31. The van der Waals surface area contributed by atoms with Gasteiger partial charge in [-0.25, -0.2) is 0 Å². The average molecular weight is 416 g/mol. The lowest BCUT2D eigenvalue weighted by Crippen LogP contribution is -2.39. The van der Waals surface area contributed by atoms with Crippen LogP contribution in [-0.4, -0.2) is 32.0 Å². The summed E-state index contributed by atoms with van der Waals surface area (Å²) >= 11 is 0. The van der Waals surface area contributed by atoms with E-state index in [0.717, 1.165) is 37.1 Å². The summed E-state index contributed by atoms with van der Waals surface area (Å²) in [6.07, 6.45) is 3.60. The molecule has 0 aliphatic heterocycles. The molecule has 0 radical (unpaired) electrons. The zero-order valence-corrected chi connectivity index (χ0v) is 15.5. The molecule has 0 atom stereocenters. The zero-order chi connectivity index (χ0) is 15.1. The molecule has 0 unspecified atom stereocenters. The van der Waals surface area contributed by atoms with Crippen molar-refractivity contribution >= 4 is 41.5 Å². The Morgan fingerprint density at radius 2 is 1.91 bits per heavy atom. The van der Waals surface area contributed by atoms with Gasteiger partial charge in [-0.2, -0.15) is 0 Å². The van der Waals surface area contributed by atoms with Crippen LogP contribution >= 0.6 is 24.0 Å².